The standard InChI is InChI=1S/C23H24N4O5/c1-32-19-11-9-18(10-12-19)27-22(30)21(29)26(23(27)31)15-20(28)24-16-5-7-17(8-6-16)25-13-3-2-4-14-25/h5-12H,2-4,13-15H2,1H3,(H,24,28). The van der Waals surface area contributed by atoms with E-state index in [1.807, 2.05) is 12.1 Å². The van der Waals surface area contributed by atoms with Crippen molar-refractivity contribution in [1.82, 2.24) is 4.90 Å². The monoisotopic (exact) mass is 436 g/mol. The molecular formula is C23H24N4O5. The quantitative estimate of drug-likeness (QED) is 0.552. The van der Waals surface area contributed by atoms with Crippen LogP contribution in [0.1, 0.15) is 19.3 Å². The van der Waals surface area contributed by atoms with Crippen molar-refractivity contribution in [3.05, 3.63) is 48.5 Å². The minimum absolute atomic E-state index is 0.227. The molecule has 2 aliphatic heterocycles. The number of benzene rings is 2. The van der Waals surface area contributed by atoms with Crippen molar-refractivity contribution in [3.8, 4) is 5.75 Å². The lowest BCUT2D eigenvalue weighted by atomic mass is 10.1. The fraction of sp³-hybridized carbons (Fsp3) is 0.304. The lowest BCUT2D eigenvalue weighted by Crippen LogP contribution is -2.39. The van der Waals surface area contributed by atoms with Gasteiger partial charge in [-0.3, -0.25) is 14.4 Å². The Labute approximate surface area is 185 Å². The Balaban J connectivity index is 1.39. The molecule has 0 unspecified atom stereocenters. The number of methoxy groups -OCH3 is 1. The van der Waals surface area contributed by atoms with E-state index >= 15 is 0 Å². The van der Waals surface area contributed by atoms with Gasteiger partial charge in [0.25, 0.3) is 0 Å². The van der Waals surface area contributed by atoms with Crippen molar-refractivity contribution >= 4 is 40.8 Å². The van der Waals surface area contributed by atoms with Crippen molar-refractivity contribution in [2.45, 2.75) is 19.3 Å². The molecular weight excluding hydrogens is 412 g/mol. The van der Waals surface area contributed by atoms with Gasteiger partial charge in [0, 0.05) is 24.5 Å². The maximum atomic E-state index is 12.7. The van der Waals surface area contributed by atoms with Gasteiger partial charge >= 0.3 is 17.8 Å². The first kappa shape index (κ1) is 21.4. The lowest BCUT2D eigenvalue weighted by molar-refractivity contribution is -0.140. The summed E-state index contributed by atoms with van der Waals surface area (Å²) in [6.45, 7) is 1.48. The number of nitrogens with one attached hydrogen (secondary N) is 1. The van der Waals surface area contributed by atoms with Crippen molar-refractivity contribution in [2.24, 2.45) is 0 Å². The summed E-state index contributed by atoms with van der Waals surface area (Å²) in [7, 11) is 1.49. The summed E-state index contributed by atoms with van der Waals surface area (Å²) < 4.78 is 5.06. The predicted molar refractivity (Wildman–Crippen MR) is 119 cm³/mol. The summed E-state index contributed by atoms with van der Waals surface area (Å²) in [5.41, 5.74) is 1.87. The van der Waals surface area contributed by atoms with Gasteiger partial charge in [-0.2, -0.15) is 0 Å². The van der Waals surface area contributed by atoms with Crippen molar-refractivity contribution in [2.75, 3.05) is 41.9 Å². The summed E-state index contributed by atoms with van der Waals surface area (Å²) in [4.78, 5) is 53.5. The van der Waals surface area contributed by atoms with E-state index < -0.39 is 30.3 Å². The van der Waals surface area contributed by atoms with Gasteiger partial charge in [-0.1, -0.05) is 0 Å². The highest BCUT2D eigenvalue weighted by atomic mass is 16.5. The highest BCUT2D eigenvalue weighted by Gasteiger charge is 2.46. The molecule has 2 aromatic rings. The highest BCUT2D eigenvalue weighted by Crippen LogP contribution is 2.25. The van der Waals surface area contributed by atoms with Crippen LogP contribution in [-0.4, -0.2) is 55.4 Å². The Hall–Kier alpha value is -3.88. The number of carbonyl (C=O) groups is 4. The fourth-order valence-corrected chi connectivity index (χ4v) is 3.86. The van der Waals surface area contributed by atoms with Crippen LogP contribution in [-0.2, 0) is 14.4 Å². The van der Waals surface area contributed by atoms with Crippen LogP contribution in [0.5, 0.6) is 5.75 Å². The van der Waals surface area contributed by atoms with Gasteiger partial charge in [-0.15, -0.1) is 0 Å². The van der Waals surface area contributed by atoms with Crippen LogP contribution in [0.3, 0.4) is 0 Å². The zero-order valence-corrected chi connectivity index (χ0v) is 17.7. The number of imide groups is 2. The van der Waals surface area contributed by atoms with Gasteiger partial charge < -0.3 is 15.0 Å². The molecule has 5 amide bonds. The summed E-state index contributed by atoms with van der Waals surface area (Å²) in [6.07, 6.45) is 3.59. The number of piperidine rings is 1. The first-order valence-corrected chi connectivity index (χ1v) is 10.5. The maximum absolute atomic E-state index is 12.7. The fourth-order valence-electron chi connectivity index (χ4n) is 3.86. The summed E-state index contributed by atoms with van der Waals surface area (Å²) in [6, 6.07) is 12.7. The first-order valence-electron chi connectivity index (χ1n) is 10.5. The van der Waals surface area contributed by atoms with Gasteiger partial charge in [0.2, 0.25) is 5.91 Å². The number of amides is 5. The number of carbonyl (C=O) groups excluding carboxylic acids is 4. The van der Waals surface area contributed by atoms with E-state index in [2.05, 4.69) is 10.2 Å². The summed E-state index contributed by atoms with van der Waals surface area (Å²) >= 11 is 0. The Morgan fingerprint density at radius 1 is 0.875 bits per heavy atom. The molecule has 2 aliphatic rings. The first-order chi connectivity index (χ1) is 15.5. The van der Waals surface area contributed by atoms with Crippen LogP contribution in [0.25, 0.3) is 0 Å². The van der Waals surface area contributed by atoms with Crippen molar-refractivity contribution in [3.63, 3.8) is 0 Å². The van der Waals surface area contributed by atoms with Crippen LogP contribution in [0.4, 0.5) is 21.9 Å². The van der Waals surface area contributed by atoms with Gasteiger partial charge in [-0.05, 0) is 67.8 Å². The number of nitrogens with zero attached hydrogens (tertiary/aromatic N) is 3. The topological polar surface area (TPSA) is 99.3 Å². The van der Waals surface area contributed by atoms with E-state index in [-0.39, 0.29) is 5.69 Å². The average molecular weight is 436 g/mol. The molecule has 2 saturated heterocycles. The Morgan fingerprint density at radius 2 is 1.50 bits per heavy atom. The predicted octanol–water partition coefficient (Wildman–Crippen LogP) is 2.62. The van der Waals surface area contributed by atoms with Gasteiger partial charge in [0.05, 0.1) is 12.8 Å². The molecule has 9 heteroatoms. The van der Waals surface area contributed by atoms with Gasteiger partial charge in [-0.25, -0.2) is 14.6 Å². The molecule has 4 rings (SSSR count). The molecule has 0 aliphatic carbocycles. The highest BCUT2D eigenvalue weighted by molar-refractivity contribution is 6.53. The molecule has 0 bridgehead atoms. The third kappa shape index (κ3) is 4.27. The van der Waals surface area contributed by atoms with E-state index in [0.717, 1.165) is 23.7 Å². The van der Waals surface area contributed by atoms with Crippen molar-refractivity contribution in [1.29, 1.82) is 0 Å². The minimum Gasteiger partial charge on any atom is -0.497 e. The largest absolute Gasteiger partial charge is 0.497 e. The van der Waals surface area contributed by atoms with Crippen LogP contribution in [0, 0.1) is 0 Å². The Kier molecular flexibility index (Phi) is 6.07. The SMILES string of the molecule is COc1ccc(N2C(=O)C(=O)N(CC(=O)Nc3ccc(N4CCCCC4)cc3)C2=O)cc1. The van der Waals surface area contributed by atoms with E-state index in [1.165, 1.54) is 38.5 Å². The lowest BCUT2D eigenvalue weighted by Gasteiger charge is -2.28. The van der Waals surface area contributed by atoms with E-state index in [1.54, 1.807) is 24.3 Å². The molecule has 0 spiro atoms. The normalized spacial score (nSPS) is 16.5. The Morgan fingerprint density at radius 3 is 2.12 bits per heavy atom. The molecule has 2 aromatic carbocycles. The molecule has 166 valence electrons. The summed E-state index contributed by atoms with van der Waals surface area (Å²) in [5.74, 6) is -2.07. The number of urea groups is 1. The molecule has 2 fully saturated rings. The van der Waals surface area contributed by atoms with Crippen LogP contribution < -0.4 is 19.9 Å². The maximum Gasteiger partial charge on any atom is 0.339 e. The summed E-state index contributed by atoms with van der Waals surface area (Å²) in [5, 5.41) is 2.67. The van der Waals surface area contributed by atoms with Gasteiger partial charge in [0.1, 0.15) is 12.3 Å². The van der Waals surface area contributed by atoms with E-state index in [0.29, 0.717) is 16.3 Å². The van der Waals surface area contributed by atoms with E-state index in [4.69, 9.17) is 4.74 Å². The molecule has 0 atom stereocenters. The van der Waals surface area contributed by atoms with Crippen LogP contribution in [0.2, 0.25) is 0 Å². The van der Waals surface area contributed by atoms with Crippen LogP contribution in [0.15, 0.2) is 48.5 Å². The third-order valence-corrected chi connectivity index (χ3v) is 5.56. The zero-order valence-electron chi connectivity index (χ0n) is 17.7. The molecule has 0 radical (unpaired) electrons. The number of hydrogen-bond acceptors (Lipinski definition) is 6. The molecule has 0 aromatic heterocycles. The minimum atomic E-state index is -1.04. The van der Waals surface area contributed by atoms with Gasteiger partial charge in [0.15, 0.2) is 0 Å². The second-order valence-electron chi connectivity index (χ2n) is 7.66. The zero-order chi connectivity index (χ0) is 22.7. The molecule has 32 heavy (non-hydrogen) atoms. The smallest absolute Gasteiger partial charge is 0.339 e. The molecule has 1 N–H and O–H groups in total. The Bertz CT molecular complexity index is 1030. The molecule has 9 nitrogen and oxygen atoms in total. The number of anilines is 3. The van der Waals surface area contributed by atoms with Crippen LogP contribution >= 0.6 is 0 Å². The third-order valence-electron chi connectivity index (χ3n) is 5.56. The number of hydrogen-bond donors (Lipinski definition) is 1. The van der Waals surface area contributed by atoms with Crippen molar-refractivity contribution < 1.29 is 23.9 Å². The second-order valence-corrected chi connectivity index (χ2v) is 7.66. The number of ether oxygens (including phenoxy) is 1. The average Bonchev–Trinajstić information content (AvgIpc) is 3.03. The molecule has 0 saturated carbocycles. The molecule has 2 heterocycles. The van der Waals surface area contributed by atoms with E-state index in [9.17, 15) is 19.2 Å². The second kappa shape index (κ2) is 9.09. The number of rotatable bonds is 6.